The number of pyridine rings is 1. The zero-order chi connectivity index (χ0) is 16.2. The summed E-state index contributed by atoms with van der Waals surface area (Å²) in [5.41, 5.74) is 9.81. The van der Waals surface area contributed by atoms with Crippen LogP contribution in [-0.4, -0.2) is 21.6 Å². The fraction of sp³-hybridized carbons (Fsp3) is 0.278. The number of rotatable bonds is 6. The summed E-state index contributed by atoms with van der Waals surface area (Å²) in [6.45, 7) is 3.58. The lowest BCUT2D eigenvalue weighted by molar-refractivity contribution is 0.279. The van der Waals surface area contributed by atoms with Crippen molar-refractivity contribution in [3.8, 4) is 0 Å². The molecule has 3 rings (SSSR count). The highest BCUT2D eigenvalue weighted by Gasteiger charge is 2.11. The van der Waals surface area contributed by atoms with Crippen molar-refractivity contribution in [3.05, 3.63) is 59.4 Å². The maximum absolute atomic E-state index is 9.37. The van der Waals surface area contributed by atoms with Gasteiger partial charge in [-0.15, -0.1) is 0 Å². The number of benzene rings is 1. The summed E-state index contributed by atoms with van der Waals surface area (Å²) >= 11 is 0. The first-order valence-corrected chi connectivity index (χ1v) is 7.81. The van der Waals surface area contributed by atoms with Crippen molar-refractivity contribution in [2.45, 2.75) is 26.0 Å². The van der Waals surface area contributed by atoms with Crippen molar-refractivity contribution >= 4 is 16.7 Å². The van der Waals surface area contributed by atoms with Gasteiger partial charge in [-0.25, -0.2) is 4.98 Å². The Morgan fingerprint density at radius 1 is 1.26 bits per heavy atom. The number of aliphatic hydroxyl groups excluding tert-OH is 1. The maximum Gasteiger partial charge on any atom is 0.123 e. The predicted octanol–water partition coefficient (Wildman–Crippen LogP) is 2.53. The zero-order valence-corrected chi connectivity index (χ0v) is 13.2. The smallest absolute Gasteiger partial charge is 0.123 e. The first-order valence-electron chi connectivity index (χ1n) is 7.81. The number of fused-ring (bicyclic) bond motifs is 1. The molecular weight excluding hydrogens is 288 g/mol. The Balaban J connectivity index is 1.66. The van der Waals surface area contributed by atoms with Gasteiger partial charge in [0.15, 0.2) is 0 Å². The highest BCUT2D eigenvalue weighted by molar-refractivity contribution is 5.83. The summed E-state index contributed by atoms with van der Waals surface area (Å²) < 4.78 is 0. The van der Waals surface area contributed by atoms with Gasteiger partial charge in [0.05, 0.1) is 12.3 Å². The van der Waals surface area contributed by atoms with E-state index in [0.29, 0.717) is 18.3 Å². The lowest BCUT2D eigenvalue weighted by Crippen LogP contribution is -2.21. The molecule has 0 bridgehead atoms. The number of hydrogen-bond donors (Lipinski definition) is 4. The van der Waals surface area contributed by atoms with E-state index in [9.17, 15) is 5.11 Å². The molecule has 0 amide bonds. The molecule has 0 radical (unpaired) electrons. The van der Waals surface area contributed by atoms with Gasteiger partial charge >= 0.3 is 0 Å². The van der Waals surface area contributed by atoms with E-state index in [-0.39, 0.29) is 6.61 Å². The molecule has 0 aliphatic carbocycles. The maximum atomic E-state index is 9.37. The third-order valence-electron chi connectivity index (χ3n) is 4.16. The third kappa shape index (κ3) is 3.36. The van der Waals surface area contributed by atoms with Crippen LogP contribution >= 0.6 is 0 Å². The van der Waals surface area contributed by atoms with Crippen LogP contribution in [0.2, 0.25) is 0 Å². The van der Waals surface area contributed by atoms with Crippen molar-refractivity contribution in [2.75, 3.05) is 12.3 Å². The topological polar surface area (TPSA) is 87.0 Å². The Morgan fingerprint density at radius 3 is 2.91 bits per heavy atom. The average molecular weight is 310 g/mol. The van der Waals surface area contributed by atoms with Crippen LogP contribution in [0.15, 0.2) is 42.6 Å². The van der Waals surface area contributed by atoms with Crippen LogP contribution in [0.3, 0.4) is 0 Å². The van der Waals surface area contributed by atoms with E-state index < -0.39 is 0 Å². The summed E-state index contributed by atoms with van der Waals surface area (Å²) in [7, 11) is 0. The minimum Gasteiger partial charge on any atom is -0.392 e. The molecule has 2 heterocycles. The highest BCUT2D eigenvalue weighted by atomic mass is 16.3. The molecule has 0 saturated heterocycles. The lowest BCUT2D eigenvalue weighted by atomic mass is 10.0. The van der Waals surface area contributed by atoms with Gasteiger partial charge in [0.25, 0.3) is 0 Å². The summed E-state index contributed by atoms with van der Waals surface area (Å²) in [6.07, 6.45) is 2.08. The van der Waals surface area contributed by atoms with E-state index in [4.69, 9.17) is 5.73 Å². The van der Waals surface area contributed by atoms with E-state index in [1.165, 1.54) is 10.9 Å². The van der Waals surface area contributed by atoms with Gasteiger partial charge in [-0.05, 0) is 23.6 Å². The Hall–Kier alpha value is -2.37. The first-order chi connectivity index (χ1) is 11.2. The van der Waals surface area contributed by atoms with E-state index in [1.807, 2.05) is 12.1 Å². The molecule has 23 heavy (non-hydrogen) atoms. The molecule has 5 N–H and O–H groups in total. The lowest BCUT2D eigenvalue weighted by Gasteiger charge is -2.13. The number of hydrogen-bond acceptors (Lipinski definition) is 4. The fourth-order valence-electron chi connectivity index (χ4n) is 2.86. The molecule has 3 aromatic rings. The third-order valence-corrected chi connectivity index (χ3v) is 4.16. The molecule has 0 unspecified atom stereocenters. The number of aliphatic hydroxyl groups is 1. The Labute approximate surface area is 135 Å². The van der Waals surface area contributed by atoms with Crippen LogP contribution in [0.5, 0.6) is 0 Å². The SMILES string of the molecule is C[C@@H](CNCc1nc(N)ccc1CO)c1c[nH]c2ccccc12. The molecule has 0 aliphatic heterocycles. The van der Waals surface area contributed by atoms with Gasteiger partial charge in [-0.3, -0.25) is 0 Å². The van der Waals surface area contributed by atoms with E-state index in [2.05, 4.69) is 46.6 Å². The molecule has 0 spiro atoms. The van der Waals surface area contributed by atoms with Gasteiger partial charge in [-0.1, -0.05) is 31.2 Å². The van der Waals surface area contributed by atoms with Crippen LogP contribution in [0.1, 0.15) is 29.7 Å². The second kappa shape index (κ2) is 6.81. The molecule has 1 aromatic carbocycles. The molecule has 5 nitrogen and oxygen atoms in total. The Kier molecular flexibility index (Phi) is 4.60. The quantitative estimate of drug-likeness (QED) is 0.563. The standard InChI is InChI=1S/C18H22N4O/c1-12(15-9-21-16-5-3-2-4-14(15)16)8-20-10-17-13(11-23)6-7-18(19)22-17/h2-7,9,12,20-21,23H,8,10-11H2,1H3,(H2,19,22)/t12-/m0/s1. The minimum absolute atomic E-state index is 0.0255. The zero-order valence-electron chi connectivity index (χ0n) is 13.2. The predicted molar refractivity (Wildman–Crippen MR) is 93.0 cm³/mol. The molecular formula is C18H22N4O. The van der Waals surface area contributed by atoms with Crippen molar-refractivity contribution < 1.29 is 5.11 Å². The minimum atomic E-state index is -0.0255. The number of nitrogens with zero attached hydrogens (tertiary/aromatic N) is 1. The number of nitrogens with two attached hydrogens (primary N) is 1. The van der Waals surface area contributed by atoms with Crippen LogP contribution in [0.25, 0.3) is 10.9 Å². The normalized spacial score (nSPS) is 12.6. The average Bonchev–Trinajstić information content (AvgIpc) is 2.99. The molecule has 2 aromatic heterocycles. The molecule has 0 fully saturated rings. The number of anilines is 1. The summed E-state index contributed by atoms with van der Waals surface area (Å²) in [5.74, 6) is 0.841. The van der Waals surface area contributed by atoms with Crippen molar-refractivity contribution in [2.24, 2.45) is 0 Å². The number of aromatic amines is 1. The summed E-state index contributed by atoms with van der Waals surface area (Å²) in [5, 5.41) is 14.1. The van der Waals surface area contributed by atoms with Crippen molar-refractivity contribution in [3.63, 3.8) is 0 Å². The molecule has 0 aliphatic rings. The molecule has 1 atom stereocenters. The summed E-state index contributed by atoms with van der Waals surface area (Å²) in [6, 6.07) is 11.9. The van der Waals surface area contributed by atoms with Crippen LogP contribution in [0, 0.1) is 0 Å². The van der Waals surface area contributed by atoms with Gasteiger partial charge in [0.1, 0.15) is 5.82 Å². The fourth-order valence-corrected chi connectivity index (χ4v) is 2.86. The molecule has 5 heteroatoms. The van der Waals surface area contributed by atoms with Gasteiger partial charge in [0, 0.05) is 35.8 Å². The number of nitrogen functional groups attached to an aromatic ring is 1. The van der Waals surface area contributed by atoms with Gasteiger partial charge in [0.2, 0.25) is 0 Å². The second-order valence-electron chi connectivity index (χ2n) is 5.82. The van der Waals surface area contributed by atoms with Crippen LogP contribution in [-0.2, 0) is 13.2 Å². The second-order valence-corrected chi connectivity index (χ2v) is 5.82. The van der Waals surface area contributed by atoms with E-state index in [0.717, 1.165) is 23.3 Å². The van der Waals surface area contributed by atoms with E-state index in [1.54, 1.807) is 6.07 Å². The van der Waals surface area contributed by atoms with Crippen LogP contribution < -0.4 is 11.1 Å². The number of para-hydroxylation sites is 1. The monoisotopic (exact) mass is 310 g/mol. The Morgan fingerprint density at radius 2 is 2.09 bits per heavy atom. The number of aromatic nitrogens is 2. The first kappa shape index (κ1) is 15.5. The number of nitrogens with one attached hydrogen (secondary N) is 2. The Bertz CT molecular complexity index is 797. The van der Waals surface area contributed by atoms with E-state index >= 15 is 0 Å². The number of H-pyrrole nitrogens is 1. The largest absolute Gasteiger partial charge is 0.392 e. The van der Waals surface area contributed by atoms with Crippen molar-refractivity contribution in [1.82, 2.24) is 15.3 Å². The van der Waals surface area contributed by atoms with Gasteiger partial charge < -0.3 is 21.1 Å². The summed E-state index contributed by atoms with van der Waals surface area (Å²) in [4.78, 5) is 7.62. The van der Waals surface area contributed by atoms with Gasteiger partial charge in [-0.2, -0.15) is 0 Å². The van der Waals surface area contributed by atoms with Crippen LogP contribution in [0.4, 0.5) is 5.82 Å². The van der Waals surface area contributed by atoms with Crippen molar-refractivity contribution in [1.29, 1.82) is 0 Å². The molecule has 120 valence electrons. The molecule has 0 saturated carbocycles. The highest BCUT2D eigenvalue weighted by Crippen LogP contribution is 2.24.